The lowest BCUT2D eigenvalue weighted by molar-refractivity contribution is 0.603. The fourth-order valence-electron chi connectivity index (χ4n) is 3.31. The predicted octanol–water partition coefficient (Wildman–Crippen LogP) is 4.39. The van der Waals surface area contributed by atoms with Crippen LogP contribution in [-0.2, 0) is 10.0 Å². The van der Waals surface area contributed by atoms with Gasteiger partial charge < -0.3 is 4.90 Å². The third kappa shape index (κ3) is 4.34. The molecule has 1 N–H and O–H groups in total. The summed E-state index contributed by atoms with van der Waals surface area (Å²) < 4.78 is 27.8. The van der Waals surface area contributed by atoms with Crippen molar-refractivity contribution in [3.63, 3.8) is 0 Å². The highest BCUT2D eigenvalue weighted by atomic mass is 32.2. The molecule has 0 radical (unpaired) electrons. The topological polar surface area (TPSA) is 75.2 Å². The molecule has 3 heterocycles. The van der Waals surface area contributed by atoms with Crippen LogP contribution in [0.25, 0.3) is 11.3 Å². The van der Waals surface area contributed by atoms with E-state index in [1.165, 1.54) is 37.0 Å². The van der Waals surface area contributed by atoms with E-state index in [0.29, 0.717) is 9.90 Å². The van der Waals surface area contributed by atoms with Crippen LogP contribution in [0.15, 0.2) is 58.1 Å². The van der Waals surface area contributed by atoms with Gasteiger partial charge in [-0.3, -0.25) is 4.72 Å². The van der Waals surface area contributed by atoms with Gasteiger partial charge in [-0.25, -0.2) is 8.42 Å². The van der Waals surface area contributed by atoms with Crippen LogP contribution in [0.5, 0.6) is 0 Å². The summed E-state index contributed by atoms with van der Waals surface area (Å²) in [7, 11) is -3.57. The van der Waals surface area contributed by atoms with Crippen LogP contribution in [0.2, 0.25) is 0 Å². The van der Waals surface area contributed by atoms with Crippen molar-refractivity contribution < 1.29 is 8.42 Å². The van der Waals surface area contributed by atoms with Crippen molar-refractivity contribution in [2.24, 2.45) is 0 Å². The number of nitrogens with one attached hydrogen (secondary N) is 1. The molecular weight excluding hydrogens is 392 g/mol. The molecular formula is C20H22N4O2S2. The van der Waals surface area contributed by atoms with E-state index in [-0.39, 0.29) is 0 Å². The predicted molar refractivity (Wildman–Crippen MR) is 113 cm³/mol. The third-order valence-electron chi connectivity index (χ3n) is 4.75. The summed E-state index contributed by atoms with van der Waals surface area (Å²) in [5.74, 6) is 0.903. The van der Waals surface area contributed by atoms with Gasteiger partial charge in [-0.15, -0.1) is 21.5 Å². The second-order valence-electron chi connectivity index (χ2n) is 6.80. The molecule has 6 nitrogen and oxygen atoms in total. The van der Waals surface area contributed by atoms with Crippen LogP contribution in [0, 0.1) is 0 Å². The monoisotopic (exact) mass is 414 g/mol. The van der Waals surface area contributed by atoms with Gasteiger partial charge in [0.05, 0.1) is 5.69 Å². The zero-order valence-corrected chi connectivity index (χ0v) is 17.0. The van der Waals surface area contributed by atoms with Gasteiger partial charge in [0.2, 0.25) is 0 Å². The van der Waals surface area contributed by atoms with Gasteiger partial charge in [-0.2, -0.15) is 0 Å². The lowest BCUT2D eigenvalue weighted by Crippen LogP contribution is -2.25. The molecule has 3 aromatic rings. The summed E-state index contributed by atoms with van der Waals surface area (Å²) in [6.45, 7) is 2.04. The Morgan fingerprint density at radius 3 is 2.43 bits per heavy atom. The van der Waals surface area contributed by atoms with Gasteiger partial charge in [-0.05, 0) is 48.6 Å². The Morgan fingerprint density at radius 2 is 1.75 bits per heavy atom. The van der Waals surface area contributed by atoms with Crippen LogP contribution >= 0.6 is 11.3 Å². The molecule has 0 amide bonds. The minimum atomic E-state index is -3.57. The Labute approximate surface area is 169 Å². The normalized spacial score (nSPS) is 15.2. The van der Waals surface area contributed by atoms with E-state index in [1.54, 1.807) is 29.6 Å². The van der Waals surface area contributed by atoms with Crippen molar-refractivity contribution in [2.75, 3.05) is 22.7 Å². The van der Waals surface area contributed by atoms with Crippen LogP contribution < -0.4 is 9.62 Å². The van der Waals surface area contributed by atoms with Gasteiger partial charge in [0, 0.05) is 24.3 Å². The molecule has 2 aromatic heterocycles. The first-order valence-electron chi connectivity index (χ1n) is 9.37. The summed E-state index contributed by atoms with van der Waals surface area (Å²) in [6.07, 6.45) is 4.93. The SMILES string of the molecule is O=S(=O)(Nc1cccc(-c2ccc(N3CCCCCC3)nn2)c1)c1cccs1. The molecule has 0 spiro atoms. The van der Waals surface area contributed by atoms with Crippen molar-refractivity contribution in [3.05, 3.63) is 53.9 Å². The number of sulfonamides is 1. The molecule has 1 saturated heterocycles. The van der Waals surface area contributed by atoms with Crippen LogP contribution in [0.3, 0.4) is 0 Å². The fourth-order valence-corrected chi connectivity index (χ4v) is 5.35. The summed E-state index contributed by atoms with van der Waals surface area (Å²) in [4.78, 5) is 2.29. The second kappa shape index (κ2) is 8.28. The molecule has 0 saturated carbocycles. The van der Waals surface area contributed by atoms with Gasteiger partial charge in [-0.1, -0.05) is 31.0 Å². The molecule has 0 aliphatic carbocycles. The summed E-state index contributed by atoms with van der Waals surface area (Å²) in [5, 5.41) is 10.5. The average Bonchev–Trinajstić information content (AvgIpc) is 3.13. The molecule has 146 valence electrons. The first kappa shape index (κ1) is 18.9. The molecule has 0 bridgehead atoms. The zero-order valence-electron chi connectivity index (χ0n) is 15.4. The standard InChI is InChI=1S/C20H22N4O2S2/c25-28(26,20-9-6-14-27-20)23-17-8-5-7-16(15-17)18-10-11-19(22-21-18)24-12-3-1-2-4-13-24/h5-11,14-15,23H,1-4,12-13H2. The fraction of sp³-hybridized carbons (Fsp3) is 0.300. The molecule has 4 rings (SSSR count). The maximum Gasteiger partial charge on any atom is 0.271 e. The molecule has 1 fully saturated rings. The quantitative estimate of drug-likeness (QED) is 0.670. The number of thiophene rings is 1. The van der Waals surface area contributed by atoms with Crippen LogP contribution in [0.4, 0.5) is 11.5 Å². The number of aromatic nitrogens is 2. The Hall–Kier alpha value is -2.45. The summed E-state index contributed by atoms with van der Waals surface area (Å²) in [5.41, 5.74) is 2.04. The second-order valence-corrected chi connectivity index (χ2v) is 9.65. The Morgan fingerprint density at radius 1 is 0.929 bits per heavy atom. The van der Waals surface area contributed by atoms with Crippen molar-refractivity contribution >= 4 is 32.9 Å². The van der Waals surface area contributed by atoms with E-state index in [0.717, 1.165) is 30.2 Å². The third-order valence-corrected chi connectivity index (χ3v) is 7.53. The zero-order chi connectivity index (χ0) is 19.4. The smallest absolute Gasteiger partial charge is 0.271 e. The summed E-state index contributed by atoms with van der Waals surface area (Å²) >= 11 is 1.19. The van der Waals surface area contributed by atoms with Gasteiger partial charge in [0.25, 0.3) is 10.0 Å². The highest BCUT2D eigenvalue weighted by molar-refractivity contribution is 7.94. The molecule has 0 unspecified atom stereocenters. The first-order valence-corrected chi connectivity index (χ1v) is 11.7. The highest BCUT2D eigenvalue weighted by Crippen LogP contribution is 2.25. The first-order chi connectivity index (χ1) is 13.6. The molecule has 1 aromatic carbocycles. The van der Waals surface area contributed by atoms with E-state index < -0.39 is 10.0 Å². The van der Waals surface area contributed by atoms with E-state index in [4.69, 9.17) is 0 Å². The van der Waals surface area contributed by atoms with Gasteiger partial charge >= 0.3 is 0 Å². The molecule has 0 atom stereocenters. The Kier molecular flexibility index (Phi) is 5.59. The largest absolute Gasteiger partial charge is 0.355 e. The molecule has 28 heavy (non-hydrogen) atoms. The van der Waals surface area contributed by atoms with Crippen molar-refractivity contribution in [3.8, 4) is 11.3 Å². The Balaban J connectivity index is 1.52. The number of nitrogens with zero attached hydrogens (tertiary/aromatic N) is 3. The van der Waals surface area contributed by atoms with E-state index >= 15 is 0 Å². The molecule has 8 heteroatoms. The van der Waals surface area contributed by atoms with E-state index in [9.17, 15) is 8.42 Å². The lowest BCUT2D eigenvalue weighted by atomic mass is 10.1. The Bertz CT molecular complexity index is 1010. The van der Waals surface area contributed by atoms with Crippen LogP contribution in [-0.4, -0.2) is 31.7 Å². The summed E-state index contributed by atoms with van der Waals surface area (Å²) in [6, 6.07) is 14.5. The van der Waals surface area contributed by atoms with Gasteiger partial charge in [0.15, 0.2) is 5.82 Å². The van der Waals surface area contributed by atoms with Crippen molar-refractivity contribution in [1.29, 1.82) is 0 Å². The maximum absolute atomic E-state index is 12.4. The van der Waals surface area contributed by atoms with Crippen molar-refractivity contribution in [2.45, 2.75) is 29.9 Å². The number of anilines is 2. The molecule has 1 aliphatic rings. The minimum absolute atomic E-state index is 0.291. The van der Waals surface area contributed by atoms with E-state index in [2.05, 4.69) is 19.8 Å². The number of benzene rings is 1. The highest BCUT2D eigenvalue weighted by Gasteiger charge is 2.16. The van der Waals surface area contributed by atoms with E-state index in [1.807, 2.05) is 24.3 Å². The minimum Gasteiger partial charge on any atom is -0.355 e. The van der Waals surface area contributed by atoms with Crippen molar-refractivity contribution in [1.82, 2.24) is 10.2 Å². The average molecular weight is 415 g/mol. The van der Waals surface area contributed by atoms with Gasteiger partial charge in [0.1, 0.15) is 4.21 Å². The maximum atomic E-state index is 12.4. The number of hydrogen-bond donors (Lipinski definition) is 1. The lowest BCUT2D eigenvalue weighted by Gasteiger charge is -2.20. The molecule has 1 aliphatic heterocycles. The number of hydrogen-bond acceptors (Lipinski definition) is 6. The number of rotatable bonds is 5. The van der Waals surface area contributed by atoms with Crippen LogP contribution in [0.1, 0.15) is 25.7 Å².